The minimum atomic E-state index is -3.93. The van der Waals surface area contributed by atoms with Crippen LogP contribution in [0.5, 0.6) is 5.75 Å². The predicted octanol–water partition coefficient (Wildman–Crippen LogP) is 2.31. The molecule has 0 unspecified atom stereocenters. The van der Waals surface area contributed by atoms with Crippen molar-refractivity contribution in [2.45, 2.75) is 43.8 Å². The van der Waals surface area contributed by atoms with Gasteiger partial charge in [-0.1, -0.05) is 24.3 Å². The summed E-state index contributed by atoms with van der Waals surface area (Å²) in [6.45, 7) is 7.94. The molecule has 0 atom stereocenters. The van der Waals surface area contributed by atoms with E-state index in [1.165, 1.54) is 13.2 Å². The molecule has 1 fully saturated rings. The summed E-state index contributed by atoms with van der Waals surface area (Å²) < 4.78 is 41.5. The van der Waals surface area contributed by atoms with Crippen molar-refractivity contribution in [1.82, 2.24) is 0 Å². The molecule has 0 radical (unpaired) electrons. The number of ether oxygens (including phenoxy) is 1. The van der Waals surface area contributed by atoms with E-state index >= 15 is 0 Å². The van der Waals surface area contributed by atoms with E-state index in [0.717, 1.165) is 5.46 Å². The van der Waals surface area contributed by atoms with Crippen LogP contribution in [0.4, 0.5) is 0 Å². The first kappa shape index (κ1) is 19.9. The van der Waals surface area contributed by atoms with Crippen molar-refractivity contribution in [2.24, 2.45) is 5.14 Å². The van der Waals surface area contributed by atoms with Gasteiger partial charge in [0.25, 0.3) is 0 Å². The fourth-order valence-corrected chi connectivity index (χ4v) is 3.71. The van der Waals surface area contributed by atoms with E-state index in [2.05, 4.69) is 0 Å². The third-order valence-corrected chi connectivity index (χ3v) is 6.17. The zero-order valence-corrected chi connectivity index (χ0v) is 17.0. The average Bonchev–Trinajstić information content (AvgIpc) is 2.81. The third kappa shape index (κ3) is 3.75. The van der Waals surface area contributed by atoms with Crippen LogP contribution < -0.4 is 15.3 Å². The summed E-state index contributed by atoms with van der Waals surface area (Å²) in [4.78, 5) is 0.00733. The van der Waals surface area contributed by atoms with Gasteiger partial charge in [-0.25, -0.2) is 13.6 Å². The molecule has 1 saturated heterocycles. The van der Waals surface area contributed by atoms with Crippen LogP contribution in [-0.2, 0) is 19.3 Å². The Balaban J connectivity index is 2.05. The van der Waals surface area contributed by atoms with Crippen LogP contribution >= 0.6 is 0 Å². The van der Waals surface area contributed by atoms with Crippen molar-refractivity contribution in [1.29, 1.82) is 0 Å². The van der Waals surface area contributed by atoms with E-state index < -0.39 is 28.3 Å². The van der Waals surface area contributed by atoms with Gasteiger partial charge in [-0.15, -0.1) is 0 Å². The molecule has 27 heavy (non-hydrogen) atoms. The maximum Gasteiger partial charge on any atom is 0.494 e. The van der Waals surface area contributed by atoms with Gasteiger partial charge in [-0.05, 0) is 50.9 Å². The molecule has 0 aliphatic carbocycles. The summed E-state index contributed by atoms with van der Waals surface area (Å²) in [7, 11) is -2.99. The van der Waals surface area contributed by atoms with E-state index in [0.29, 0.717) is 16.9 Å². The Morgan fingerprint density at radius 2 is 1.63 bits per heavy atom. The number of sulfonamides is 1. The Bertz CT molecular complexity index is 956. The summed E-state index contributed by atoms with van der Waals surface area (Å²) in [5.41, 5.74) is 1.09. The van der Waals surface area contributed by atoms with Crippen LogP contribution in [0.3, 0.4) is 0 Å². The number of hydrogen-bond donors (Lipinski definition) is 1. The third-order valence-electron chi connectivity index (χ3n) is 5.22. The molecule has 6 nitrogen and oxygen atoms in total. The molecule has 0 spiro atoms. The minimum Gasteiger partial charge on any atom is -0.497 e. The van der Waals surface area contributed by atoms with Gasteiger partial charge in [0.05, 0.1) is 23.2 Å². The van der Waals surface area contributed by atoms with Crippen molar-refractivity contribution in [3.63, 3.8) is 0 Å². The normalized spacial score (nSPS) is 18.5. The summed E-state index contributed by atoms with van der Waals surface area (Å²) in [5, 5.41) is 5.42. The van der Waals surface area contributed by atoms with Gasteiger partial charge in [0, 0.05) is 11.6 Å². The minimum absolute atomic E-state index is 0.00733. The van der Waals surface area contributed by atoms with Crippen LogP contribution in [0.2, 0.25) is 0 Å². The second-order valence-corrected chi connectivity index (χ2v) is 9.15. The SMILES string of the molecule is COc1ccc(-c2cccc(B3OC(C)(C)C(C)(C)O3)c2)c(S(N)(=O)=O)c1. The lowest BCUT2D eigenvalue weighted by Crippen LogP contribution is -2.41. The van der Waals surface area contributed by atoms with Crippen molar-refractivity contribution in [2.75, 3.05) is 7.11 Å². The van der Waals surface area contributed by atoms with Crippen LogP contribution in [-0.4, -0.2) is 33.8 Å². The second kappa shape index (κ2) is 6.63. The average molecular weight is 389 g/mol. The highest BCUT2D eigenvalue weighted by molar-refractivity contribution is 7.89. The van der Waals surface area contributed by atoms with E-state index in [1.54, 1.807) is 12.1 Å². The van der Waals surface area contributed by atoms with Crippen LogP contribution in [0, 0.1) is 0 Å². The summed E-state index contributed by atoms with van der Waals surface area (Å²) in [6, 6.07) is 12.2. The molecule has 2 N–H and O–H groups in total. The fourth-order valence-electron chi connectivity index (χ4n) is 2.94. The maximum atomic E-state index is 12.1. The van der Waals surface area contributed by atoms with Gasteiger partial charge in [0.15, 0.2) is 0 Å². The second-order valence-electron chi connectivity index (χ2n) is 7.62. The number of primary sulfonamides is 1. The molecule has 144 valence electrons. The van der Waals surface area contributed by atoms with E-state index in [4.69, 9.17) is 19.2 Å². The first-order valence-electron chi connectivity index (χ1n) is 8.61. The van der Waals surface area contributed by atoms with Crippen LogP contribution in [0.1, 0.15) is 27.7 Å². The van der Waals surface area contributed by atoms with Gasteiger partial charge in [0.2, 0.25) is 10.0 Å². The quantitative estimate of drug-likeness (QED) is 0.811. The van der Waals surface area contributed by atoms with Crippen molar-refractivity contribution in [3.05, 3.63) is 42.5 Å². The zero-order chi connectivity index (χ0) is 20.0. The molecule has 0 saturated carbocycles. The van der Waals surface area contributed by atoms with Crippen molar-refractivity contribution in [3.8, 4) is 16.9 Å². The fraction of sp³-hybridized carbons (Fsp3) is 0.368. The number of hydrogen-bond acceptors (Lipinski definition) is 5. The number of benzene rings is 2. The lowest BCUT2D eigenvalue weighted by molar-refractivity contribution is 0.00578. The van der Waals surface area contributed by atoms with Gasteiger partial charge >= 0.3 is 7.12 Å². The lowest BCUT2D eigenvalue weighted by Gasteiger charge is -2.32. The van der Waals surface area contributed by atoms with Crippen molar-refractivity contribution >= 4 is 22.6 Å². The highest BCUT2D eigenvalue weighted by Gasteiger charge is 2.51. The molecular formula is C19H24BNO5S. The van der Waals surface area contributed by atoms with Gasteiger partial charge in [0.1, 0.15) is 5.75 Å². The monoisotopic (exact) mass is 389 g/mol. The molecule has 1 aliphatic rings. The number of rotatable bonds is 4. The van der Waals surface area contributed by atoms with Crippen LogP contribution in [0.25, 0.3) is 11.1 Å². The molecule has 2 aromatic carbocycles. The number of nitrogens with two attached hydrogens (primary N) is 1. The predicted molar refractivity (Wildman–Crippen MR) is 106 cm³/mol. The zero-order valence-electron chi connectivity index (χ0n) is 16.1. The first-order chi connectivity index (χ1) is 12.4. The van der Waals surface area contributed by atoms with E-state index in [9.17, 15) is 8.42 Å². The Morgan fingerprint density at radius 1 is 1.00 bits per heavy atom. The summed E-state index contributed by atoms with van der Waals surface area (Å²) >= 11 is 0. The maximum absolute atomic E-state index is 12.1. The molecule has 1 heterocycles. The van der Waals surface area contributed by atoms with Crippen LogP contribution in [0.15, 0.2) is 47.4 Å². The largest absolute Gasteiger partial charge is 0.497 e. The molecular weight excluding hydrogens is 365 g/mol. The molecule has 0 amide bonds. The molecule has 0 aromatic heterocycles. The molecule has 8 heteroatoms. The standard InChI is InChI=1S/C19H24BNO5S/c1-18(2)19(3,4)26-20(25-18)14-8-6-7-13(11-14)16-10-9-15(24-5)12-17(16)27(21,22)23/h6-12H,1-5H3,(H2,21,22,23). The topological polar surface area (TPSA) is 87.8 Å². The summed E-state index contributed by atoms with van der Waals surface area (Å²) in [6.07, 6.45) is 0. The lowest BCUT2D eigenvalue weighted by atomic mass is 9.78. The van der Waals surface area contributed by atoms with Gasteiger partial charge in [-0.2, -0.15) is 0 Å². The molecule has 0 bridgehead atoms. The highest BCUT2D eigenvalue weighted by atomic mass is 32.2. The highest BCUT2D eigenvalue weighted by Crippen LogP contribution is 2.37. The van der Waals surface area contributed by atoms with Gasteiger partial charge in [-0.3, -0.25) is 0 Å². The smallest absolute Gasteiger partial charge is 0.494 e. The number of methoxy groups -OCH3 is 1. The Hall–Kier alpha value is -1.87. The first-order valence-corrected chi connectivity index (χ1v) is 10.2. The van der Waals surface area contributed by atoms with Gasteiger partial charge < -0.3 is 14.0 Å². The van der Waals surface area contributed by atoms with E-state index in [1.807, 2.05) is 52.0 Å². The molecule has 3 rings (SSSR count). The summed E-state index contributed by atoms with van der Waals surface area (Å²) in [5.74, 6) is 0.421. The Morgan fingerprint density at radius 3 is 2.19 bits per heavy atom. The molecule has 2 aromatic rings. The Labute approximate surface area is 160 Å². The molecule has 1 aliphatic heterocycles. The Kier molecular flexibility index (Phi) is 4.88. The van der Waals surface area contributed by atoms with Crippen molar-refractivity contribution < 1.29 is 22.5 Å². The van der Waals surface area contributed by atoms with E-state index in [-0.39, 0.29) is 4.90 Å².